The van der Waals surface area contributed by atoms with Gasteiger partial charge in [-0.25, -0.2) is 0 Å². The molecule has 1 radical (unpaired) electrons. The fourth-order valence-corrected chi connectivity index (χ4v) is 11.7. The average Bonchev–Trinajstić information content (AvgIpc) is 1.97. The van der Waals surface area contributed by atoms with E-state index in [0.29, 0.717) is 17.7 Å². The molecule has 0 aliphatic carbocycles. The standard InChI is InChI=1S/C10H22N2.C2H6N.Sn/c1-7-9(11-8(2)3)12-10(4,5)6;1-3-2;/h8-9H,7H2,1-6H3;1-2H3;/q-2;-1;+3. The fourth-order valence-electron chi connectivity index (χ4n) is 2.61. The maximum atomic E-state index is 2.81. The summed E-state index contributed by atoms with van der Waals surface area (Å²) in [4.78, 5) is 0. The van der Waals surface area contributed by atoms with Gasteiger partial charge in [0.25, 0.3) is 0 Å². The summed E-state index contributed by atoms with van der Waals surface area (Å²) in [5.41, 5.74) is 0.325. The molecule has 1 rings (SSSR count). The zero-order valence-electron chi connectivity index (χ0n) is 12.2. The molecule has 0 aromatic rings. The number of hydrogen-bond acceptors (Lipinski definition) is 3. The molecule has 1 saturated heterocycles. The summed E-state index contributed by atoms with van der Waals surface area (Å²) in [7, 11) is 4.52. The van der Waals surface area contributed by atoms with Crippen LogP contribution in [0.25, 0.3) is 0 Å². The number of hydrogen-bond donors (Lipinski definition) is 0. The first-order valence-electron chi connectivity index (χ1n) is 6.33. The molecule has 3 nitrogen and oxygen atoms in total. The SMILES string of the molecule is CCC1[N](C(C)C)[Sn]([N](C)C)[N]1C(C)(C)C. The van der Waals surface area contributed by atoms with Gasteiger partial charge in [0, 0.05) is 0 Å². The molecule has 95 valence electrons. The van der Waals surface area contributed by atoms with Crippen LogP contribution in [0.3, 0.4) is 0 Å². The van der Waals surface area contributed by atoms with Crippen molar-refractivity contribution >= 4 is 20.6 Å². The van der Waals surface area contributed by atoms with E-state index in [0.717, 1.165) is 0 Å². The maximum absolute atomic E-state index is 2.81. The van der Waals surface area contributed by atoms with Crippen molar-refractivity contribution in [1.82, 2.24) is 9.36 Å². The number of rotatable bonds is 3. The van der Waals surface area contributed by atoms with Crippen LogP contribution in [-0.4, -0.2) is 61.8 Å². The monoisotopic (exact) mass is 334 g/mol. The number of nitrogens with zero attached hydrogens (tertiary/aromatic N) is 3. The van der Waals surface area contributed by atoms with Gasteiger partial charge in [0.15, 0.2) is 0 Å². The van der Waals surface area contributed by atoms with Crippen molar-refractivity contribution in [3.05, 3.63) is 0 Å². The van der Waals surface area contributed by atoms with Gasteiger partial charge >= 0.3 is 110 Å². The third kappa shape index (κ3) is 2.57. The molecule has 16 heavy (non-hydrogen) atoms. The molecule has 1 atom stereocenters. The summed E-state index contributed by atoms with van der Waals surface area (Å²) in [6, 6.07) is 0.695. The van der Waals surface area contributed by atoms with Crippen molar-refractivity contribution in [3.63, 3.8) is 0 Å². The summed E-state index contributed by atoms with van der Waals surface area (Å²) >= 11 is -1.69. The van der Waals surface area contributed by atoms with E-state index in [2.05, 4.69) is 65.0 Å². The van der Waals surface area contributed by atoms with Crippen LogP contribution >= 0.6 is 0 Å². The van der Waals surface area contributed by atoms with E-state index in [1.807, 2.05) is 0 Å². The van der Waals surface area contributed by atoms with Crippen LogP contribution in [0, 0.1) is 0 Å². The van der Waals surface area contributed by atoms with Gasteiger partial charge in [-0.1, -0.05) is 0 Å². The summed E-state index contributed by atoms with van der Waals surface area (Å²) in [5, 5.41) is 0. The molecule has 1 heterocycles. The van der Waals surface area contributed by atoms with Gasteiger partial charge in [0.05, 0.1) is 0 Å². The second-order valence-electron chi connectivity index (χ2n) is 6.13. The molecule has 1 unspecified atom stereocenters. The molecule has 1 fully saturated rings. The first kappa shape index (κ1) is 14.7. The Bertz CT molecular complexity index is 235. The Morgan fingerprint density at radius 1 is 1.25 bits per heavy atom. The van der Waals surface area contributed by atoms with E-state index < -0.39 is 20.6 Å². The Hall–Kier alpha value is 0.679. The van der Waals surface area contributed by atoms with Gasteiger partial charge in [-0.2, -0.15) is 0 Å². The average molecular weight is 333 g/mol. The van der Waals surface area contributed by atoms with E-state index in [4.69, 9.17) is 0 Å². The quantitative estimate of drug-likeness (QED) is 0.733. The molecule has 0 saturated carbocycles. The Morgan fingerprint density at radius 2 is 1.75 bits per heavy atom. The summed E-state index contributed by atoms with van der Waals surface area (Å²) in [6.45, 7) is 14.1. The first-order valence-corrected chi connectivity index (χ1v) is 10.2. The van der Waals surface area contributed by atoms with E-state index >= 15 is 0 Å². The van der Waals surface area contributed by atoms with Crippen molar-refractivity contribution in [1.29, 1.82) is 0 Å². The minimum atomic E-state index is -1.69. The van der Waals surface area contributed by atoms with Gasteiger partial charge in [0.2, 0.25) is 0 Å². The van der Waals surface area contributed by atoms with Gasteiger partial charge in [0.1, 0.15) is 0 Å². The van der Waals surface area contributed by atoms with Crippen LogP contribution in [0.1, 0.15) is 48.0 Å². The first-order chi connectivity index (χ1) is 7.21. The van der Waals surface area contributed by atoms with Crippen LogP contribution in [0.2, 0.25) is 0 Å². The van der Waals surface area contributed by atoms with Crippen molar-refractivity contribution in [3.8, 4) is 0 Å². The van der Waals surface area contributed by atoms with Crippen molar-refractivity contribution in [2.24, 2.45) is 0 Å². The molecular weight excluding hydrogens is 305 g/mol. The molecule has 1 aliphatic heterocycles. The van der Waals surface area contributed by atoms with E-state index in [9.17, 15) is 0 Å². The molecule has 0 bridgehead atoms. The van der Waals surface area contributed by atoms with Gasteiger partial charge in [-0.15, -0.1) is 0 Å². The van der Waals surface area contributed by atoms with Crippen molar-refractivity contribution in [2.75, 3.05) is 14.1 Å². The Morgan fingerprint density at radius 3 is 2.00 bits per heavy atom. The van der Waals surface area contributed by atoms with Crippen LogP contribution in [-0.2, 0) is 0 Å². The summed E-state index contributed by atoms with van der Waals surface area (Å²) < 4.78 is 8.13. The Labute approximate surface area is 110 Å². The molecule has 0 spiro atoms. The molecular formula is C12H28N3Sn. The van der Waals surface area contributed by atoms with Gasteiger partial charge < -0.3 is 0 Å². The van der Waals surface area contributed by atoms with Crippen molar-refractivity contribution < 1.29 is 0 Å². The molecule has 0 aromatic heterocycles. The molecule has 0 N–H and O–H groups in total. The molecule has 4 heteroatoms. The second-order valence-corrected chi connectivity index (χ2v) is 13.2. The van der Waals surface area contributed by atoms with Crippen LogP contribution in [0.5, 0.6) is 0 Å². The van der Waals surface area contributed by atoms with E-state index in [1.165, 1.54) is 6.42 Å². The van der Waals surface area contributed by atoms with Gasteiger partial charge in [-0.3, -0.25) is 0 Å². The molecule has 0 aromatic carbocycles. The van der Waals surface area contributed by atoms with Crippen LogP contribution in [0.15, 0.2) is 0 Å². The third-order valence-electron chi connectivity index (χ3n) is 3.11. The zero-order valence-corrected chi connectivity index (χ0v) is 15.1. The Balaban J connectivity index is 2.92. The normalized spacial score (nSPS) is 25.5. The van der Waals surface area contributed by atoms with Gasteiger partial charge in [-0.05, 0) is 0 Å². The fraction of sp³-hybridized carbons (Fsp3) is 1.00. The van der Waals surface area contributed by atoms with E-state index in [-0.39, 0.29) is 0 Å². The Kier molecular flexibility index (Phi) is 4.72. The molecule has 0 amide bonds. The zero-order chi connectivity index (χ0) is 12.7. The second kappa shape index (κ2) is 5.12. The minimum absolute atomic E-state index is 0.325. The summed E-state index contributed by atoms with van der Waals surface area (Å²) in [5.74, 6) is 0. The van der Waals surface area contributed by atoms with Crippen molar-refractivity contribution in [2.45, 2.75) is 65.7 Å². The predicted octanol–water partition coefficient (Wildman–Crippen LogP) is 2.09. The van der Waals surface area contributed by atoms with Crippen LogP contribution < -0.4 is 0 Å². The topological polar surface area (TPSA) is 9.72 Å². The third-order valence-corrected chi connectivity index (χ3v) is 13.0. The van der Waals surface area contributed by atoms with E-state index in [1.54, 1.807) is 0 Å². The molecule has 1 aliphatic rings. The predicted molar refractivity (Wildman–Crippen MR) is 72.1 cm³/mol. The van der Waals surface area contributed by atoms with Crippen LogP contribution in [0.4, 0.5) is 0 Å². The summed E-state index contributed by atoms with van der Waals surface area (Å²) in [6.07, 6.45) is 1.92.